The molecule has 8 bridgehead atoms. The predicted molar refractivity (Wildman–Crippen MR) is 194 cm³/mol. The van der Waals surface area contributed by atoms with E-state index in [9.17, 15) is 20.1 Å². The van der Waals surface area contributed by atoms with E-state index in [-0.39, 0.29) is 22.6 Å². The molecule has 8 fully saturated rings. The quantitative estimate of drug-likeness (QED) is 0.167. The van der Waals surface area contributed by atoms with Gasteiger partial charge in [0.15, 0.2) is 0 Å². The number of nitrogens with zero attached hydrogens (tertiary/aromatic N) is 4. The number of pyridine rings is 2. The standard InChI is InChI=1S/C40H48N6O2S2/c41-23-31-1-3-33(39-17-25-11-26(18-39)13-27(12-25)19-39)45-37(31)49-9-5-35(47)43-7-8-44-36(48)6-10-50-38-32(24-42)2-4-34(46-38)40-20-28-14-29(21-40)16-30(15-28)22-40/h1-4,25-30H,5-22H2,(H,43,47)(H,44,48). The third-order valence-electron chi connectivity index (χ3n) is 13.0. The summed E-state index contributed by atoms with van der Waals surface area (Å²) in [6.07, 6.45) is 16.3. The Morgan fingerprint density at radius 3 is 1.28 bits per heavy atom. The van der Waals surface area contributed by atoms with Gasteiger partial charge < -0.3 is 10.6 Å². The van der Waals surface area contributed by atoms with Crippen molar-refractivity contribution in [3.63, 3.8) is 0 Å². The largest absolute Gasteiger partial charge is 0.354 e. The van der Waals surface area contributed by atoms with Gasteiger partial charge in [-0.15, -0.1) is 23.5 Å². The molecule has 2 aromatic heterocycles. The average molecular weight is 709 g/mol. The summed E-state index contributed by atoms with van der Waals surface area (Å²) in [7, 11) is 0. The number of carbonyl (C=O) groups is 2. The third-order valence-corrected chi connectivity index (χ3v) is 15.0. The van der Waals surface area contributed by atoms with Gasteiger partial charge in [-0.2, -0.15) is 10.5 Å². The molecule has 0 radical (unpaired) electrons. The molecule has 0 aromatic carbocycles. The SMILES string of the molecule is N#Cc1ccc(C23CC4CC(CC(C4)C2)C3)nc1SCCC(=O)NCCNC(=O)CCSc1nc(C23CC4CC(CC(C4)C2)C3)ccc1C#N. The van der Waals surface area contributed by atoms with Gasteiger partial charge in [-0.3, -0.25) is 9.59 Å². The Morgan fingerprint density at radius 2 is 0.960 bits per heavy atom. The fourth-order valence-electron chi connectivity index (χ4n) is 11.8. The van der Waals surface area contributed by atoms with Crippen molar-refractivity contribution >= 4 is 35.3 Å². The van der Waals surface area contributed by atoms with E-state index in [1.165, 1.54) is 101 Å². The second-order valence-corrected chi connectivity index (χ2v) is 18.8. The van der Waals surface area contributed by atoms with Crippen molar-refractivity contribution in [2.75, 3.05) is 24.6 Å². The Morgan fingerprint density at radius 1 is 0.620 bits per heavy atom. The van der Waals surface area contributed by atoms with Crippen LogP contribution < -0.4 is 10.6 Å². The Kier molecular flexibility index (Phi) is 9.63. The minimum absolute atomic E-state index is 0.0768. The van der Waals surface area contributed by atoms with E-state index in [1.807, 2.05) is 12.1 Å². The molecule has 2 aromatic rings. The van der Waals surface area contributed by atoms with Gasteiger partial charge in [0, 0.05) is 59.7 Å². The molecule has 10 rings (SSSR count). The third kappa shape index (κ3) is 6.92. The van der Waals surface area contributed by atoms with Crippen LogP contribution in [0.3, 0.4) is 0 Å². The van der Waals surface area contributed by atoms with Crippen LogP contribution in [0, 0.1) is 58.2 Å². The summed E-state index contributed by atoms with van der Waals surface area (Å²) in [4.78, 5) is 35.3. The van der Waals surface area contributed by atoms with Crippen LogP contribution in [0.25, 0.3) is 0 Å². The van der Waals surface area contributed by atoms with Gasteiger partial charge in [-0.1, -0.05) is 0 Å². The molecule has 2 heterocycles. The van der Waals surface area contributed by atoms with Crippen LogP contribution in [0.15, 0.2) is 34.3 Å². The fourth-order valence-corrected chi connectivity index (χ4v) is 13.6. The predicted octanol–water partition coefficient (Wildman–Crippen LogP) is 7.05. The summed E-state index contributed by atoms with van der Waals surface area (Å²) in [5.41, 5.74) is 3.83. The molecule has 8 aliphatic carbocycles. The lowest BCUT2D eigenvalue weighted by atomic mass is 9.49. The zero-order valence-electron chi connectivity index (χ0n) is 28.9. The Balaban J connectivity index is 0.758. The van der Waals surface area contributed by atoms with E-state index in [2.05, 4.69) is 34.9 Å². The molecule has 8 saturated carbocycles. The molecule has 0 saturated heterocycles. The number of thioether (sulfide) groups is 2. The molecule has 0 unspecified atom stereocenters. The van der Waals surface area contributed by atoms with Gasteiger partial charge >= 0.3 is 0 Å². The van der Waals surface area contributed by atoms with Crippen molar-refractivity contribution in [1.29, 1.82) is 10.5 Å². The summed E-state index contributed by atoms with van der Waals surface area (Å²) in [6, 6.07) is 12.7. The van der Waals surface area contributed by atoms with E-state index < -0.39 is 0 Å². The lowest BCUT2D eigenvalue weighted by Crippen LogP contribution is -2.49. The Hall–Kier alpha value is -3.08. The van der Waals surface area contributed by atoms with Crippen LogP contribution in [0.1, 0.15) is 112 Å². The Labute approximate surface area is 304 Å². The molecule has 8 nitrogen and oxygen atoms in total. The van der Waals surface area contributed by atoms with Crippen LogP contribution in [0.2, 0.25) is 0 Å². The molecule has 50 heavy (non-hydrogen) atoms. The van der Waals surface area contributed by atoms with Gasteiger partial charge in [0.1, 0.15) is 22.2 Å². The monoisotopic (exact) mass is 708 g/mol. The summed E-state index contributed by atoms with van der Waals surface area (Å²) in [5.74, 6) is 5.91. The van der Waals surface area contributed by atoms with Crippen LogP contribution in [0.5, 0.6) is 0 Å². The lowest BCUT2D eigenvalue weighted by molar-refractivity contribution is -0.122. The topological polar surface area (TPSA) is 132 Å². The maximum absolute atomic E-state index is 12.6. The first-order valence-electron chi connectivity index (χ1n) is 18.9. The summed E-state index contributed by atoms with van der Waals surface area (Å²) in [6.45, 7) is 0.720. The van der Waals surface area contributed by atoms with Gasteiger partial charge in [0.05, 0.1) is 11.1 Å². The number of amides is 2. The van der Waals surface area contributed by atoms with Crippen molar-refractivity contribution in [2.45, 2.75) is 111 Å². The zero-order valence-corrected chi connectivity index (χ0v) is 30.6. The second kappa shape index (κ2) is 14.2. The smallest absolute Gasteiger partial charge is 0.220 e. The van der Waals surface area contributed by atoms with E-state index >= 15 is 0 Å². The molecular weight excluding hydrogens is 661 g/mol. The summed E-state index contributed by atoms with van der Waals surface area (Å²) < 4.78 is 0. The molecule has 2 N–H and O–H groups in total. The first-order chi connectivity index (χ1) is 24.3. The highest BCUT2D eigenvalue weighted by Gasteiger charge is 2.53. The van der Waals surface area contributed by atoms with Crippen LogP contribution in [0.4, 0.5) is 0 Å². The van der Waals surface area contributed by atoms with Crippen LogP contribution >= 0.6 is 23.5 Å². The highest BCUT2D eigenvalue weighted by atomic mass is 32.2. The maximum atomic E-state index is 12.6. The Bertz CT molecular complexity index is 1530. The average Bonchev–Trinajstić information content (AvgIpc) is 3.09. The van der Waals surface area contributed by atoms with Crippen molar-refractivity contribution in [3.05, 3.63) is 46.8 Å². The molecule has 0 aliphatic heterocycles. The first kappa shape index (κ1) is 34.0. The highest BCUT2D eigenvalue weighted by Crippen LogP contribution is 2.61. The van der Waals surface area contributed by atoms with Crippen molar-refractivity contribution in [1.82, 2.24) is 20.6 Å². The van der Waals surface area contributed by atoms with Crippen LogP contribution in [-0.4, -0.2) is 46.4 Å². The summed E-state index contributed by atoms with van der Waals surface area (Å²) >= 11 is 2.99. The number of hydrogen-bond acceptors (Lipinski definition) is 8. The molecule has 262 valence electrons. The fraction of sp³-hybridized carbons (Fsp3) is 0.650. The number of nitriles is 2. The van der Waals surface area contributed by atoms with Gasteiger partial charge in [-0.05, 0) is 137 Å². The molecule has 2 amide bonds. The number of carbonyl (C=O) groups excluding carboxylic acids is 2. The van der Waals surface area contributed by atoms with E-state index in [0.29, 0.717) is 48.6 Å². The number of aromatic nitrogens is 2. The summed E-state index contributed by atoms with van der Waals surface area (Å²) in [5, 5.41) is 26.8. The normalized spacial score (nSPS) is 32.8. The molecule has 0 atom stereocenters. The molecule has 0 spiro atoms. The van der Waals surface area contributed by atoms with Crippen molar-refractivity contribution in [3.8, 4) is 12.1 Å². The van der Waals surface area contributed by atoms with Crippen molar-refractivity contribution in [2.24, 2.45) is 35.5 Å². The van der Waals surface area contributed by atoms with E-state index in [0.717, 1.165) is 56.9 Å². The van der Waals surface area contributed by atoms with Gasteiger partial charge in [-0.25, -0.2) is 9.97 Å². The minimum atomic E-state index is -0.0768. The van der Waals surface area contributed by atoms with Gasteiger partial charge in [0.2, 0.25) is 11.8 Å². The zero-order chi connectivity index (χ0) is 34.3. The first-order valence-corrected chi connectivity index (χ1v) is 20.9. The number of nitrogens with one attached hydrogen (secondary N) is 2. The van der Waals surface area contributed by atoms with Gasteiger partial charge in [0.25, 0.3) is 0 Å². The number of hydrogen-bond donors (Lipinski definition) is 2. The molecule has 10 heteroatoms. The highest BCUT2D eigenvalue weighted by molar-refractivity contribution is 7.99. The number of rotatable bonds is 13. The molecule has 8 aliphatic rings. The van der Waals surface area contributed by atoms with Crippen LogP contribution in [-0.2, 0) is 20.4 Å². The maximum Gasteiger partial charge on any atom is 0.220 e. The molecular formula is C40H48N6O2S2. The lowest BCUT2D eigenvalue weighted by Gasteiger charge is -2.56. The second-order valence-electron chi connectivity index (χ2n) is 16.6. The van der Waals surface area contributed by atoms with E-state index in [1.54, 1.807) is 0 Å². The van der Waals surface area contributed by atoms with E-state index in [4.69, 9.17) is 9.97 Å². The van der Waals surface area contributed by atoms with Crippen molar-refractivity contribution < 1.29 is 9.59 Å². The minimum Gasteiger partial charge on any atom is -0.354 e.